The Bertz CT molecular complexity index is 2590. The second kappa shape index (κ2) is 25.1. The molecule has 16 N–H and O–H groups in total. The number of aliphatic hydroxyl groups is 15. The van der Waals surface area contributed by atoms with Gasteiger partial charge in [-0.15, -0.1) is 0 Å². The maximum Gasteiger partial charge on any atom is 0.317 e. The average Bonchev–Trinajstić information content (AvgIpc) is 0.940. The Morgan fingerprint density at radius 3 is 1.90 bits per heavy atom. The zero-order valence-corrected chi connectivity index (χ0v) is 50.9. The first-order valence-electron chi connectivity index (χ1n) is 30.8. The summed E-state index contributed by atoms with van der Waals surface area (Å²) in [6, 6.07) is 0. The van der Waals surface area contributed by atoms with Crippen molar-refractivity contribution in [1.29, 1.82) is 0 Å². The number of allylic oxidation sites excluding steroid dienone is 2. The molecule has 5 saturated heterocycles. The Morgan fingerprint density at radius 1 is 0.618 bits per heavy atom. The topological polar surface area (TPSA) is 476 Å². The minimum Gasteiger partial charge on any atom is -0.481 e. The van der Waals surface area contributed by atoms with Crippen LogP contribution in [0.4, 0.5) is 0 Å². The van der Waals surface area contributed by atoms with Crippen LogP contribution in [-0.2, 0) is 66.5 Å². The van der Waals surface area contributed by atoms with Gasteiger partial charge in [0.05, 0.1) is 58.0 Å². The highest BCUT2D eigenvalue weighted by atomic mass is 16.8. The summed E-state index contributed by atoms with van der Waals surface area (Å²) < 4.78 is 64.4. The summed E-state index contributed by atoms with van der Waals surface area (Å²) in [5, 5.41) is 177. The first-order chi connectivity index (χ1) is 41.6. The summed E-state index contributed by atoms with van der Waals surface area (Å²) in [4.78, 5) is 42.1. The molecule has 9 fully saturated rings. The lowest BCUT2D eigenvalue weighted by molar-refractivity contribution is -0.372. The van der Waals surface area contributed by atoms with Crippen LogP contribution < -0.4 is 0 Å². The SMILES string of the molecule is CC(=O)O[C@H]1[C@@H](O)[C@H](O[C@H]2[C@H](OC(=O)[C@]34CCC(C)(C)C[C@H]3C3=CC[C@@H]5[C@@]6(C)C[C@H](O)[C@H](O[C@@H]7O[C@H](CO)[C@@H](O)[C@H](O)[C@H]7O)[C@](CO)(C(=O)O)[C@@H]6CC[C@@]5(C)[C@]3(C)C[C@H]4O)OC[C@H](O)[C@@H]2O)O[C@@H](C)[C@@H]1O[C@@H]1OC[C@@H](O)[C@H](O[C@@H]2OC[C@](O)(CO)[C@H]2O)[C@H]1O. The zero-order chi connectivity index (χ0) is 65.2. The predicted molar refractivity (Wildman–Crippen MR) is 292 cm³/mol. The Morgan fingerprint density at radius 2 is 1.26 bits per heavy atom. The first-order valence-corrected chi connectivity index (χ1v) is 30.8. The van der Waals surface area contributed by atoms with Crippen LogP contribution in [0, 0.1) is 50.2 Å². The van der Waals surface area contributed by atoms with Crippen LogP contribution in [0.5, 0.6) is 0 Å². The van der Waals surface area contributed by atoms with Crippen LogP contribution in [0.25, 0.3) is 0 Å². The molecule has 5 aliphatic heterocycles. The van der Waals surface area contributed by atoms with Crippen LogP contribution in [0.3, 0.4) is 0 Å². The maximum atomic E-state index is 15.5. The van der Waals surface area contributed by atoms with E-state index in [1.54, 1.807) is 0 Å². The molecule has 0 bridgehead atoms. The molecule has 5 heterocycles. The van der Waals surface area contributed by atoms with Crippen LogP contribution in [0.15, 0.2) is 11.6 Å². The third-order valence-corrected chi connectivity index (χ3v) is 22.8. The van der Waals surface area contributed by atoms with Gasteiger partial charge in [0.2, 0.25) is 6.29 Å². The van der Waals surface area contributed by atoms with E-state index in [0.717, 1.165) is 12.5 Å². The van der Waals surface area contributed by atoms with Crippen molar-refractivity contribution < 1.29 is 148 Å². The average molecular weight is 1280 g/mol. The molecule has 0 aromatic rings. The molecule has 0 amide bonds. The number of carbonyl (C=O) groups is 3. The molecule has 30 heteroatoms. The van der Waals surface area contributed by atoms with E-state index in [4.69, 9.17) is 52.1 Å². The normalized spacial score (nSPS) is 53.0. The van der Waals surface area contributed by atoms with Gasteiger partial charge in [0.1, 0.15) is 95.8 Å². The van der Waals surface area contributed by atoms with E-state index < -0.39 is 255 Å². The van der Waals surface area contributed by atoms with Gasteiger partial charge in [-0.1, -0.05) is 46.3 Å². The quantitative estimate of drug-likeness (QED) is 0.0416. The van der Waals surface area contributed by atoms with Gasteiger partial charge >= 0.3 is 17.9 Å². The van der Waals surface area contributed by atoms with Crippen molar-refractivity contribution in [3.8, 4) is 0 Å². The molecular formula is C59H92O30. The summed E-state index contributed by atoms with van der Waals surface area (Å²) in [7, 11) is 0. The van der Waals surface area contributed by atoms with E-state index >= 15 is 4.79 Å². The Kier molecular flexibility index (Phi) is 19.4. The second-order valence-corrected chi connectivity index (χ2v) is 28.4. The van der Waals surface area contributed by atoms with Crippen molar-refractivity contribution in [2.24, 2.45) is 50.2 Å². The number of hydrogen-bond donors (Lipinski definition) is 16. The molecule has 5 aliphatic carbocycles. The fourth-order valence-electron chi connectivity index (χ4n) is 17.7. The maximum absolute atomic E-state index is 15.5. The molecule has 10 rings (SSSR count). The fraction of sp³-hybridized carbons (Fsp3) is 0.915. The third kappa shape index (κ3) is 11.2. The molecule has 508 valence electrons. The lowest BCUT2D eigenvalue weighted by Crippen LogP contribution is -2.72. The Hall–Kier alpha value is -2.81. The Balaban J connectivity index is 0.890. The monoisotopic (exact) mass is 1280 g/mol. The summed E-state index contributed by atoms with van der Waals surface area (Å²) in [6.45, 7) is 8.14. The summed E-state index contributed by atoms with van der Waals surface area (Å²) in [5.41, 5.74) is -8.29. The van der Waals surface area contributed by atoms with Gasteiger partial charge in [-0.3, -0.25) is 14.4 Å². The summed E-state index contributed by atoms with van der Waals surface area (Å²) in [6.07, 6.45) is -35.5. The fourth-order valence-corrected chi connectivity index (χ4v) is 17.7. The first kappa shape index (κ1) is 69.0. The van der Waals surface area contributed by atoms with Crippen molar-refractivity contribution in [3.05, 3.63) is 11.6 Å². The number of aliphatic carboxylic acids is 1. The van der Waals surface area contributed by atoms with Gasteiger partial charge in [-0.2, -0.15) is 0 Å². The van der Waals surface area contributed by atoms with E-state index in [9.17, 15) is 91.3 Å². The molecule has 89 heavy (non-hydrogen) atoms. The second-order valence-electron chi connectivity index (χ2n) is 28.4. The van der Waals surface area contributed by atoms with Crippen LogP contribution in [0.1, 0.15) is 99.8 Å². The van der Waals surface area contributed by atoms with Gasteiger partial charge in [-0.05, 0) is 97.7 Å². The highest BCUT2D eigenvalue weighted by Crippen LogP contribution is 2.76. The van der Waals surface area contributed by atoms with Gasteiger partial charge in [-0.25, -0.2) is 0 Å². The number of rotatable bonds is 15. The van der Waals surface area contributed by atoms with Crippen LogP contribution >= 0.6 is 0 Å². The summed E-state index contributed by atoms with van der Waals surface area (Å²) in [5.74, 6) is -5.37. The minimum absolute atomic E-state index is 0.00808. The van der Waals surface area contributed by atoms with Crippen molar-refractivity contribution in [2.45, 2.75) is 247 Å². The zero-order valence-electron chi connectivity index (χ0n) is 50.9. The molecular weight excluding hydrogens is 1190 g/mol. The molecule has 0 aromatic carbocycles. The van der Waals surface area contributed by atoms with Crippen molar-refractivity contribution in [2.75, 3.05) is 39.6 Å². The number of fused-ring (bicyclic) bond motifs is 7. The predicted octanol–water partition coefficient (Wildman–Crippen LogP) is -4.72. The standard InChI is InChI=1S/C59H92O30/c1-23-40(85-46-38(72)41(29(66)19-79-46)86-50-44(74)57(78,20-61)22-81-50)42(83-24(2)63)39(73)48(82-23)87-43-34(68)28(65)18-80-49(43)89-52(77)58-13-12-53(3,4)14-26(58)25-8-9-31-54(5)15-27(64)45(88-47-37(71)36(70)35(69)30(17-60)84-47)59(21-62,51(75)76)32(54)10-11-55(31,6)56(25,7)16-33(58)67/h8,23,26-50,60-62,64-74,78H,9-22H2,1-7H3,(H,75,76)/t23-,26-,27-,28-,29+,30+,31+,32+,33+,34-,35+,36-,37+,38+,39+,40-,41-,42-,43+,44-,45-,46-,47-,48-,49-,50-,54+,55+,56+,57+,58+,59+/m0/s1. The third-order valence-electron chi connectivity index (χ3n) is 22.8. The molecule has 30 nitrogen and oxygen atoms in total. The van der Waals surface area contributed by atoms with Crippen molar-refractivity contribution >= 4 is 17.9 Å². The summed E-state index contributed by atoms with van der Waals surface area (Å²) >= 11 is 0. The van der Waals surface area contributed by atoms with Crippen LogP contribution in [-0.4, -0.2) is 286 Å². The molecule has 0 aromatic heterocycles. The molecule has 0 spiro atoms. The van der Waals surface area contributed by atoms with E-state index in [2.05, 4.69) is 6.92 Å². The van der Waals surface area contributed by atoms with E-state index in [-0.39, 0.29) is 25.7 Å². The van der Waals surface area contributed by atoms with Gasteiger partial charge in [0, 0.05) is 6.92 Å². The molecule has 0 unspecified atom stereocenters. The van der Waals surface area contributed by atoms with E-state index in [1.807, 2.05) is 33.8 Å². The highest BCUT2D eigenvalue weighted by Gasteiger charge is 2.75. The highest BCUT2D eigenvalue weighted by molar-refractivity contribution is 5.80. The molecule has 10 aliphatic rings. The number of carbonyl (C=O) groups excluding carboxylic acids is 2. The number of hydrogen-bond acceptors (Lipinski definition) is 29. The lowest BCUT2D eigenvalue weighted by atomic mass is 9.33. The van der Waals surface area contributed by atoms with E-state index in [1.165, 1.54) is 6.92 Å². The van der Waals surface area contributed by atoms with Crippen molar-refractivity contribution in [1.82, 2.24) is 0 Å². The smallest absolute Gasteiger partial charge is 0.317 e. The lowest BCUT2D eigenvalue weighted by Gasteiger charge is -2.72. The van der Waals surface area contributed by atoms with Gasteiger partial charge in [0.15, 0.2) is 37.4 Å². The van der Waals surface area contributed by atoms with Gasteiger partial charge < -0.3 is 134 Å². The molecule has 0 radical (unpaired) electrons. The largest absolute Gasteiger partial charge is 0.481 e. The van der Waals surface area contributed by atoms with E-state index in [0.29, 0.717) is 25.7 Å². The number of carboxylic acids is 1. The number of ether oxygens (including phenoxy) is 11. The van der Waals surface area contributed by atoms with Crippen molar-refractivity contribution in [3.63, 3.8) is 0 Å². The molecule has 4 saturated carbocycles. The number of carboxylic acid groups (broad SMARTS) is 1. The Labute approximate surface area is 513 Å². The number of aliphatic hydroxyl groups excluding tert-OH is 14. The number of esters is 2. The van der Waals surface area contributed by atoms with Crippen LogP contribution in [0.2, 0.25) is 0 Å². The minimum atomic E-state index is -2.22. The molecule has 32 atom stereocenters. The van der Waals surface area contributed by atoms with Gasteiger partial charge in [0.25, 0.3) is 0 Å².